The van der Waals surface area contributed by atoms with Crippen molar-refractivity contribution in [2.75, 3.05) is 14.2 Å². The Morgan fingerprint density at radius 3 is 2.16 bits per heavy atom. The highest BCUT2D eigenvalue weighted by atomic mass is 16.5. The molecule has 2 saturated carbocycles. The number of methoxy groups -OCH3 is 2. The molecule has 5 nitrogen and oxygen atoms in total. The van der Waals surface area contributed by atoms with Crippen LogP contribution in [0.5, 0.6) is 11.5 Å². The lowest BCUT2D eigenvalue weighted by Gasteiger charge is -2.67. The number of carbonyl (C=O) groups excluding carboxylic acids is 2. The molecule has 0 saturated heterocycles. The smallest absolute Gasteiger partial charge is 0.251 e. The summed E-state index contributed by atoms with van der Waals surface area (Å²) in [5, 5.41) is 3.37. The second kappa shape index (κ2) is 9.81. The van der Waals surface area contributed by atoms with Crippen LogP contribution in [-0.4, -0.2) is 32.0 Å². The fourth-order valence-corrected chi connectivity index (χ4v) is 7.55. The molecule has 37 heavy (non-hydrogen) atoms. The summed E-state index contributed by atoms with van der Waals surface area (Å²) in [4.78, 5) is 27.9. The summed E-state index contributed by atoms with van der Waals surface area (Å²) in [5.41, 5.74) is 1.99. The third-order valence-electron chi connectivity index (χ3n) is 10.2. The number of amides is 1. The van der Waals surface area contributed by atoms with Gasteiger partial charge in [-0.15, -0.1) is 0 Å². The maximum absolute atomic E-state index is 14.5. The number of nitrogens with one attached hydrogen (secondary N) is 1. The molecule has 2 aromatic rings. The molecule has 2 aliphatic rings. The molecule has 200 valence electrons. The van der Waals surface area contributed by atoms with E-state index >= 15 is 0 Å². The summed E-state index contributed by atoms with van der Waals surface area (Å²) in [6, 6.07) is 13.0. The Balaban J connectivity index is 1.79. The van der Waals surface area contributed by atoms with Crippen molar-refractivity contribution in [3.05, 3.63) is 59.2 Å². The van der Waals surface area contributed by atoms with E-state index in [1.807, 2.05) is 43.3 Å². The lowest BCUT2D eigenvalue weighted by molar-refractivity contribution is -0.163. The van der Waals surface area contributed by atoms with Crippen molar-refractivity contribution in [1.29, 1.82) is 0 Å². The number of ether oxygens (including phenoxy) is 2. The van der Waals surface area contributed by atoms with Crippen LogP contribution in [0.1, 0.15) is 86.6 Å². The summed E-state index contributed by atoms with van der Waals surface area (Å²) in [6.45, 7) is 13.5. The van der Waals surface area contributed by atoms with Crippen molar-refractivity contribution in [2.45, 2.75) is 73.3 Å². The number of hydrogen-bond donors (Lipinski definition) is 1. The second-order valence-electron chi connectivity index (χ2n) is 12.4. The van der Waals surface area contributed by atoms with Gasteiger partial charge in [0, 0.05) is 29.2 Å². The first-order valence-corrected chi connectivity index (χ1v) is 13.5. The minimum absolute atomic E-state index is 0.0249. The molecule has 0 aliphatic heterocycles. The molecule has 0 heterocycles. The molecular formula is C32H43NO4. The third kappa shape index (κ3) is 4.55. The lowest BCUT2D eigenvalue weighted by Crippen LogP contribution is -2.65. The van der Waals surface area contributed by atoms with E-state index in [1.165, 1.54) is 0 Å². The minimum Gasteiger partial charge on any atom is -0.497 e. The standard InChI is InChI=1S/C32H43NO4/c1-20-11-9-12-22(15-20)29(35)33-26-19-32(6)30(3,4)13-10-14-31(32,5)27(21(26)2)28(34)23-16-24(36-7)18-25(17-23)37-8/h9,11-12,15-18,21,26-27H,10,13-14,19H2,1-8H3,(H,33,35)/t21-,26-,27-,31-,32+/m1/s1. The number of hydrogen-bond acceptors (Lipinski definition) is 4. The Morgan fingerprint density at radius 2 is 1.57 bits per heavy atom. The Kier molecular flexibility index (Phi) is 7.22. The van der Waals surface area contributed by atoms with Crippen molar-refractivity contribution < 1.29 is 19.1 Å². The summed E-state index contributed by atoms with van der Waals surface area (Å²) < 4.78 is 11.0. The zero-order valence-corrected chi connectivity index (χ0v) is 23.7. The van der Waals surface area contributed by atoms with Gasteiger partial charge in [-0.1, -0.05) is 58.7 Å². The molecule has 2 fully saturated rings. The van der Waals surface area contributed by atoms with E-state index in [0.717, 1.165) is 31.2 Å². The van der Waals surface area contributed by atoms with Gasteiger partial charge in [-0.25, -0.2) is 0 Å². The molecule has 0 unspecified atom stereocenters. The van der Waals surface area contributed by atoms with Crippen LogP contribution < -0.4 is 14.8 Å². The van der Waals surface area contributed by atoms with Gasteiger partial charge in [0.25, 0.3) is 5.91 Å². The van der Waals surface area contributed by atoms with Crippen LogP contribution >= 0.6 is 0 Å². The first-order valence-electron chi connectivity index (χ1n) is 13.5. The molecule has 0 bridgehead atoms. The number of benzene rings is 2. The highest BCUT2D eigenvalue weighted by Crippen LogP contribution is 2.69. The highest BCUT2D eigenvalue weighted by molar-refractivity contribution is 6.00. The molecule has 1 amide bonds. The van der Waals surface area contributed by atoms with E-state index in [0.29, 0.717) is 22.6 Å². The molecule has 2 aliphatic carbocycles. The summed E-state index contributed by atoms with van der Waals surface area (Å²) in [5.74, 6) is 0.942. The number of fused-ring (bicyclic) bond motifs is 1. The van der Waals surface area contributed by atoms with Crippen LogP contribution in [-0.2, 0) is 0 Å². The molecule has 0 spiro atoms. The Labute approximate surface area is 222 Å². The quantitative estimate of drug-likeness (QED) is 0.435. The zero-order valence-electron chi connectivity index (χ0n) is 23.7. The molecule has 2 aromatic carbocycles. The number of carbonyl (C=O) groups is 2. The van der Waals surface area contributed by atoms with Crippen molar-refractivity contribution in [3.8, 4) is 11.5 Å². The van der Waals surface area contributed by atoms with Gasteiger partial charge in [0.05, 0.1) is 14.2 Å². The van der Waals surface area contributed by atoms with Crippen LogP contribution in [0.15, 0.2) is 42.5 Å². The molecule has 5 atom stereocenters. The predicted octanol–water partition coefficient (Wildman–Crippen LogP) is 6.87. The van der Waals surface area contributed by atoms with Gasteiger partial charge in [-0.05, 0) is 72.6 Å². The van der Waals surface area contributed by atoms with Gasteiger partial charge in [-0.2, -0.15) is 0 Å². The van der Waals surface area contributed by atoms with E-state index in [1.54, 1.807) is 20.3 Å². The van der Waals surface area contributed by atoms with E-state index < -0.39 is 0 Å². The highest BCUT2D eigenvalue weighted by Gasteiger charge is 2.65. The van der Waals surface area contributed by atoms with E-state index in [9.17, 15) is 9.59 Å². The van der Waals surface area contributed by atoms with Crippen molar-refractivity contribution >= 4 is 11.7 Å². The average Bonchev–Trinajstić information content (AvgIpc) is 2.86. The third-order valence-corrected chi connectivity index (χ3v) is 10.2. The van der Waals surface area contributed by atoms with Crippen molar-refractivity contribution in [3.63, 3.8) is 0 Å². The molecule has 0 radical (unpaired) electrons. The number of ketones is 1. The SMILES string of the molecule is COc1cc(OC)cc(C(=O)[C@H]2[C@H](C)[C@H](NC(=O)c3cccc(C)c3)C[C@@]3(C)C(C)(C)CCC[C@]23C)c1. The average molecular weight is 506 g/mol. The summed E-state index contributed by atoms with van der Waals surface area (Å²) in [6.07, 6.45) is 4.05. The first-order chi connectivity index (χ1) is 17.4. The first kappa shape index (κ1) is 27.2. The number of Topliss-reactive ketones (excluding diaryl/α,β-unsaturated/α-hetero) is 1. The fraction of sp³-hybridized carbons (Fsp3) is 0.562. The molecule has 1 N–H and O–H groups in total. The second-order valence-corrected chi connectivity index (χ2v) is 12.4. The predicted molar refractivity (Wildman–Crippen MR) is 147 cm³/mol. The topological polar surface area (TPSA) is 64.6 Å². The summed E-state index contributed by atoms with van der Waals surface area (Å²) >= 11 is 0. The maximum atomic E-state index is 14.5. The zero-order chi connectivity index (χ0) is 27.2. The van der Waals surface area contributed by atoms with Gasteiger partial charge in [0.1, 0.15) is 11.5 Å². The largest absolute Gasteiger partial charge is 0.497 e. The summed E-state index contributed by atoms with van der Waals surface area (Å²) in [7, 11) is 3.20. The molecule has 4 rings (SSSR count). The van der Waals surface area contributed by atoms with E-state index in [4.69, 9.17) is 9.47 Å². The van der Waals surface area contributed by atoms with Gasteiger partial charge < -0.3 is 14.8 Å². The van der Waals surface area contributed by atoms with Gasteiger partial charge in [0.15, 0.2) is 5.78 Å². The minimum atomic E-state index is -0.259. The van der Waals surface area contributed by atoms with Gasteiger partial charge in [0.2, 0.25) is 0 Å². The van der Waals surface area contributed by atoms with E-state index in [2.05, 4.69) is 39.9 Å². The fourth-order valence-electron chi connectivity index (χ4n) is 7.55. The van der Waals surface area contributed by atoms with Gasteiger partial charge in [-0.3, -0.25) is 9.59 Å². The van der Waals surface area contributed by atoms with Crippen molar-refractivity contribution in [1.82, 2.24) is 5.32 Å². The van der Waals surface area contributed by atoms with Crippen LogP contribution in [0.2, 0.25) is 0 Å². The van der Waals surface area contributed by atoms with Crippen molar-refractivity contribution in [2.24, 2.45) is 28.1 Å². The number of aryl methyl sites for hydroxylation is 1. The van der Waals surface area contributed by atoms with Crippen LogP contribution in [0.3, 0.4) is 0 Å². The Morgan fingerprint density at radius 1 is 0.919 bits per heavy atom. The maximum Gasteiger partial charge on any atom is 0.251 e. The Hall–Kier alpha value is -2.82. The molecule has 0 aromatic heterocycles. The molecule has 5 heteroatoms. The van der Waals surface area contributed by atoms with Crippen LogP contribution in [0.25, 0.3) is 0 Å². The van der Waals surface area contributed by atoms with Gasteiger partial charge >= 0.3 is 0 Å². The van der Waals surface area contributed by atoms with Crippen LogP contribution in [0.4, 0.5) is 0 Å². The Bertz CT molecular complexity index is 1160. The number of rotatable bonds is 6. The van der Waals surface area contributed by atoms with Crippen LogP contribution in [0, 0.1) is 35.0 Å². The lowest BCUT2D eigenvalue weighted by atomic mass is 9.38. The normalized spacial score (nSPS) is 30.6. The monoisotopic (exact) mass is 505 g/mol. The molecular weight excluding hydrogens is 462 g/mol. The van der Waals surface area contributed by atoms with E-state index in [-0.39, 0.29) is 45.8 Å².